The van der Waals surface area contributed by atoms with Crippen LogP contribution in [0.15, 0.2) is 24.3 Å². The molecule has 0 aromatic heterocycles. The third-order valence-corrected chi connectivity index (χ3v) is 3.85. The maximum absolute atomic E-state index is 12.2. The Labute approximate surface area is 135 Å². The lowest BCUT2D eigenvalue weighted by atomic mass is 10.1. The van der Waals surface area contributed by atoms with E-state index in [1.165, 1.54) is 0 Å². The van der Waals surface area contributed by atoms with Gasteiger partial charge in [0, 0.05) is 12.2 Å². The topological polar surface area (TPSA) is 78.9 Å². The first kappa shape index (κ1) is 18.3. The minimum atomic E-state index is -0.791. The lowest BCUT2D eigenvalue weighted by Gasteiger charge is -2.23. The number of hydrogen-bond acceptors (Lipinski definition) is 4. The van der Waals surface area contributed by atoms with Crippen molar-refractivity contribution in [3.8, 4) is 5.75 Å². The van der Waals surface area contributed by atoms with Crippen molar-refractivity contribution in [1.82, 2.24) is 4.90 Å². The Hall–Kier alpha value is -1.79. The summed E-state index contributed by atoms with van der Waals surface area (Å²) in [6, 6.07) is 6.74. The Morgan fingerprint density at radius 2 is 2.00 bits per heavy atom. The predicted molar refractivity (Wildman–Crippen MR) is 85.6 cm³/mol. The number of carboxylic acid groups (broad SMARTS) is 1. The second kappa shape index (κ2) is 8.00. The number of benzene rings is 1. The molecular formula is C15H21ClN2O4. The summed E-state index contributed by atoms with van der Waals surface area (Å²) < 4.78 is 5.06. The normalized spacial score (nSPS) is 19.1. The van der Waals surface area contributed by atoms with E-state index in [1.54, 1.807) is 38.3 Å². The molecule has 2 rings (SSSR count). The molecule has 1 aromatic rings. The average molecular weight is 329 g/mol. The number of rotatable bonds is 5. The van der Waals surface area contributed by atoms with Crippen molar-refractivity contribution in [3.05, 3.63) is 24.3 Å². The van der Waals surface area contributed by atoms with Crippen molar-refractivity contribution in [2.45, 2.75) is 19.4 Å². The Morgan fingerprint density at radius 3 is 2.50 bits per heavy atom. The molecule has 0 radical (unpaired) electrons. The van der Waals surface area contributed by atoms with Gasteiger partial charge in [0.25, 0.3) is 0 Å². The standard InChI is InChI=1S/C15H20N2O4.ClH/c1-10(17-8-7-11(9-17)15(19)20)14(18)16-12-3-5-13(21-2)6-4-12;/h3-6,10-11H,7-9H2,1-2H3,(H,16,18)(H,19,20);1H. The van der Waals surface area contributed by atoms with Gasteiger partial charge in [-0.25, -0.2) is 0 Å². The number of likely N-dealkylation sites (tertiary alicyclic amines) is 1. The van der Waals surface area contributed by atoms with Gasteiger partial charge in [-0.05, 0) is 44.2 Å². The van der Waals surface area contributed by atoms with E-state index in [0.29, 0.717) is 25.2 Å². The van der Waals surface area contributed by atoms with Crippen molar-refractivity contribution < 1.29 is 19.4 Å². The zero-order chi connectivity index (χ0) is 15.4. The minimum Gasteiger partial charge on any atom is -0.497 e. The zero-order valence-corrected chi connectivity index (χ0v) is 13.4. The molecule has 1 saturated heterocycles. The van der Waals surface area contributed by atoms with Gasteiger partial charge in [-0.15, -0.1) is 12.4 Å². The van der Waals surface area contributed by atoms with Crippen LogP contribution in [-0.4, -0.2) is 48.1 Å². The van der Waals surface area contributed by atoms with Crippen LogP contribution in [-0.2, 0) is 9.59 Å². The van der Waals surface area contributed by atoms with Crippen LogP contribution in [0.5, 0.6) is 5.75 Å². The molecule has 0 saturated carbocycles. The van der Waals surface area contributed by atoms with Crippen LogP contribution < -0.4 is 10.1 Å². The van der Waals surface area contributed by atoms with Gasteiger partial charge in [0.1, 0.15) is 5.75 Å². The Bertz CT molecular complexity index is 521. The largest absolute Gasteiger partial charge is 0.497 e. The number of ether oxygens (including phenoxy) is 1. The van der Waals surface area contributed by atoms with E-state index in [0.717, 1.165) is 5.75 Å². The molecule has 1 heterocycles. The van der Waals surface area contributed by atoms with Crippen molar-refractivity contribution in [2.75, 3.05) is 25.5 Å². The molecule has 1 fully saturated rings. The summed E-state index contributed by atoms with van der Waals surface area (Å²) in [4.78, 5) is 25.1. The molecule has 0 spiro atoms. The molecule has 2 N–H and O–H groups in total. The first-order chi connectivity index (χ1) is 10.0. The summed E-state index contributed by atoms with van der Waals surface area (Å²) in [6.07, 6.45) is 0.593. The van der Waals surface area contributed by atoms with Gasteiger partial charge in [0.2, 0.25) is 5.91 Å². The van der Waals surface area contributed by atoms with E-state index in [9.17, 15) is 9.59 Å². The summed E-state index contributed by atoms with van der Waals surface area (Å²) in [5.41, 5.74) is 0.696. The highest BCUT2D eigenvalue weighted by Gasteiger charge is 2.33. The van der Waals surface area contributed by atoms with Crippen LogP contribution in [0.4, 0.5) is 5.69 Å². The van der Waals surface area contributed by atoms with Gasteiger partial charge in [-0.3, -0.25) is 14.5 Å². The number of methoxy groups -OCH3 is 1. The summed E-state index contributed by atoms with van der Waals surface area (Å²) in [5.74, 6) is -0.572. The molecule has 2 unspecified atom stereocenters. The molecule has 22 heavy (non-hydrogen) atoms. The van der Waals surface area contributed by atoms with Crippen molar-refractivity contribution in [3.63, 3.8) is 0 Å². The second-order valence-corrected chi connectivity index (χ2v) is 5.21. The molecule has 1 aromatic carbocycles. The van der Waals surface area contributed by atoms with Gasteiger partial charge in [0.15, 0.2) is 0 Å². The van der Waals surface area contributed by atoms with Gasteiger partial charge in [-0.2, -0.15) is 0 Å². The number of hydrogen-bond donors (Lipinski definition) is 2. The molecule has 7 heteroatoms. The highest BCUT2D eigenvalue weighted by atomic mass is 35.5. The molecule has 0 aliphatic carbocycles. The van der Waals surface area contributed by atoms with Gasteiger partial charge in [-0.1, -0.05) is 0 Å². The Kier molecular flexibility index (Phi) is 6.64. The number of nitrogens with one attached hydrogen (secondary N) is 1. The first-order valence-electron chi connectivity index (χ1n) is 6.93. The van der Waals surface area contributed by atoms with Gasteiger partial charge in [0.05, 0.1) is 19.1 Å². The van der Waals surface area contributed by atoms with Crippen LogP contribution >= 0.6 is 12.4 Å². The fourth-order valence-electron chi connectivity index (χ4n) is 2.43. The number of aliphatic carboxylic acids is 1. The highest BCUT2D eigenvalue weighted by Crippen LogP contribution is 2.20. The number of carbonyl (C=O) groups excluding carboxylic acids is 1. The zero-order valence-electron chi connectivity index (χ0n) is 12.6. The monoisotopic (exact) mass is 328 g/mol. The molecule has 122 valence electrons. The number of halogens is 1. The van der Waals surface area contributed by atoms with Gasteiger partial charge >= 0.3 is 5.97 Å². The molecular weight excluding hydrogens is 308 g/mol. The highest BCUT2D eigenvalue weighted by molar-refractivity contribution is 5.94. The number of carbonyl (C=O) groups is 2. The lowest BCUT2D eigenvalue weighted by Crippen LogP contribution is -2.41. The quantitative estimate of drug-likeness (QED) is 0.862. The van der Waals surface area contributed by atoms with Crippen molar-refractivity contribution in [2.24, 2.45) is 5.92 Å². The second-order valence-electron chi connectivity index (χ2n) is 5.21. The SMILES string of the molecule is COc1ccc(NC(=O)C(C)N2CCC(C(=O)O)C2)cc1.Cl. The van der Waals surface area contributed by atoms with Crippen LogP contribution in [0, 0.1) is 5.92 Å². The van der Waals surface area contributed by atoms with E-state index >= 15 is 0 Å². The lowest BCUT2D eigenvalue weighted by molar-refractivity contribution is -0.141. The van der Waals surface area contributed by atoms with Crippen LogP contribution in [0.25, 0.3) is 0 Å². The number of anilines is 1. The maximum Gasteiger partial charge on any atom is 0.307 e. The molecule has 2 atom stereocenters. The minimum absolute atomic E-state index is 0. The van der Waals surface area contributed by atoms with E-state index in [1.807, 2.05) is 4.90 Å². The first-order valence-corrected chi connectivity index (χ1v) is 6.93. The van der Waals surface area contributed by atoms with Crippen molar-refractivity contribution in [1.29, 1.82) is 0 Å². The average Bonchev–Trinajstić information content (AvgIpc) is 2.97. The Morgan fingerprint density at radius 1 is 1.36 bits per heavy atom. The number of carboxylic acids is 1. The van der Waals surface area contributed by atoms with Crippen LogP contribution in [0.1, 0.15) is 13.3 Å². The Balaban J connectivity index is 0.00000242. The fraction of sp³-hybridized carbons (Fsp3) is 0.467. The van der Waals surface area contributed by atoms with Crippen LogP contribution in [0.3, 0.4) is 0 Å². The number of amides is 1. The van der Waals surface area contributed by atoms with E-state index in [2.05, 4.69) is 5.32 Å². The molecule has 1 aliphatic rings. The summed E-state index contributed by atoms with van der Waals surface area (Å²) in [7, 11) is 1.59. The molecule has 1 aliphatic heterocycles. The summed E-state index contributed by atoms with van der Waals surface area (Å²) in [6.45, 7) is 2.85. The smallest absolute Gasteiger partial charge is 0.307 e. The molecule has 6 nitrogen and oxygen atoms in total. The summed E-state index contributed by atoms with van der Waals surface area (Å²) >= 11 is 0. The maximum atomic E-state index is 12.2. The fourth-order valence-corrected chi connectivity index (χ4v) is 2.43. The summed E-state index contributed by atoms with van der Waals surface area (Å²) in [5, 5.41) is 11.8. The third-order valence-electron chi connectivity index (χ3n) is 3.85. The van der Waals surface area contributed by atoms with E-state index < -0.39 is 5.97 Å². The van der Waals surface area contributed by atoms with Crippen molar-refractivity contribution >= 4 is 30.0 Å². The van der Waals surface area contributed by atoms with Crippen LogP contribution in [0.2, 0.25) is 0 Å². The molecule has 0 bridgehead atoms. The predicted octanol–water partition coefficient (Wildman–Crippen LogP) is 1.85. The van der Waals surface area contributed by atoms with Gasteiger partial charge < -0.3 is 15.2 Å². The van der Waals surface area contributed by atoms with E-state index in [4.69, 9.17) is 9.84 Å². The third kappa shape index (κ3) is 4.35. The number of nitrogens with zero attached hydrogens (tertiary/aromatic N) is 1. The van der Waals surface area contributed by atoms with E-state index in [-0.39, 0.29) is 30.3 Å². The molecule has 1 amide bonds.